The van der Waals surface area contributed by atoms with Crippen LogP contribution < -0.4 is 0 Å². The maximum atomic E-state index is 5.28. The van der Waals surface area contributed by atoms with Crippen LogP contribution in [0.2, 0.25) is 0 Å². The molecular weight excluding hydrogens is 685 g/mol. The highest BCUT2D eigenvalue weighted by atomic mass is 32.1. The molecule has 9 aromatic carbocycles. The molecule has 0 aliphatic carbocycles. The fourth-order valence-corrected chi connectivity index (χ4v) is 9.44. The van der Waals surface area contributed by atoms with Crippen molar-refractivity contribution in [3.8, 4) is 55.5 Å². The second kappa shape index (κ2) is 12.9. The first-order valence-electron chi connectivity index (χ1n) is 18.7. The van der Waals surface area contributed by atoms with Crippen molar-refractivity contribution in [2.24, 2.45) is 0 Å². The number of nitrogens with zero attached hydrogens (tertiary/aromatic N) is 2. The van der Waals surface area contributed by atoms with E-state index in [1.165, 1.54) is 70.0 Å². The number of hydrogen-bond acceptors (Lipinski definition) is 3. The molecule has 11 rings (SSSR count). The minimum absolute atomic E-state index is 0.721. The van der Waals surface area contributed by atoms with E-state index < -0.39 is 0 Å². The smallest absolute Gasteiger partial charge is 0.160 e. The van der Waals surface area contributed by atoms with Crippen LogP contribution in [0.15, 0.2) is 194 Å². The van der Waals surface area contributed by atoms with Crippen LogP contribution in [-0.2, 0) is 0 Å². The molecule has 11 aromatic rings. The van der Waals surface area contributed by atoms with E-state index in [1.807, 2.05) is 6.07 Å². The third-order valence-corrected chi connectivity index (χ3v) is 12.0. The van der Waals surface area contributed by atoms with Gasteiger partial charge in [-0.25, -0.2) is 9.97 Å². The van der Waals surface area contributed by atoms with Crippen LogP contribution in [0.3, 0.4) is 0 Å². The molecule has 0 spiro atoms. The Labute approximate surface area is 322 Å². The largest absolute Gasteiger partial charge is 0.228 e. The first-order valence-corrected chi connectivity index (χ1v) is 19.5. The highest BCUT2D eigenvalue weighted by Crippen LogP contribution is 2.48. The van der Waals surface area contributed by atoms with Gasteiger partial charge in [-0.05, 0) is 88.9 Å². The van der Waals surface area contributed by atoms with Crippen LogP contribution in [0.25, 0.3) is 109 Å². The molecule has 0 aliphatic heterocycles. The molecule has 0 saturated carbocycles. The van der Waals surface area contributed by atoms with E-state index in [9.17, 15) is 0 Å². The summed E-state index contributed by atoms with van der Waals surface area (Å²) < 4.78 is 1.25. The van der Waals surface area contributed by atoms with Crippen molar-refractivity contribution in [3.05, 3.63) is 194 Å². The molecule has 0 bridgehead atoms. The molecule has 55 heavy (non-hydrogen) atoms. The van der Waals surface area contributed by atoms with Gasteiger partial charge in [0.15, 0.2) is 5.82 Å². The molecule has 0 atom stereocenters. The van der Waals surface area contributed by atoms with Gasteiger partial charge in [0, 0.05) is 15.8 Å². The molecule has 2 heterocycles. The van der Waals surface area contributed by atoms with Crippen LogP contribution in [0.4, 0.5) is 0 Å². The quantitative estimate of drug-likeness (QED) is 0.131. The lowest BCUT2D eigenvalue weighted by atomic mass is 9.82. The van der Waals surface area contributed by atoms with Gasteiger partial charge in [-0.3, -0.25) is 0 Å². The first-order chi connectivity index (χ1) is 27.3. The Hall–Kier alpha value is -6.94. The maximum absolute atomic E-state index is 5.28. The summed E-state index contributed by atoms with van der Waals surface area (Å²) in [6.45, 7) is 0. The zero-order valence-electron chi connectivity index (χ0n) is 29.8. The van der Waals surface area contributed by atoms with E-state index in [4.69, 9.17) is 9.97 Å². The van der Waals surface area contributed by atoms with Gasteiger partial charge in [0.1, 0.15) is 0 Å². The molecule has 0 N–H and O–H groups in total. The van der Waals surface area contributed by atoms with Gasteiger partial charge < -0.3 is 0 Å². The molecule has 2 aromatic heterocycles. The van der Waals surface area contributed by atoms with Crippen molar-refractivity contribution in [3.63, 3.8) is 0 Å². The van der Waals surface area contributed by atoms with Gasteiger partial charge in [-0.15, -0.1) is 11.3 Å². The Morgan fingerprint density at radius 2 is 0.909 bits per heavy atom. The van der Waals surface area contributed by atoms with Crippen LogP contribution in [-0.4, -0.2) is 9.97 Å². The summed E-state index contributed by atoms with van der Waals surface area (Å²) in [6, 6.07) is 69.9. The van der Waals surface area contributed by atoms with E-state index in [0.29, 0.717) is 0 Å². The van der Waals surface area contributed by atoms with E-state index in [1.54, 1.807) is 11.3 Å². The average Bonchev–Trinajstić information content (AvgIpc) is 3.70. The third kappa shape index (κ3) is 5.24. The van der Waals surface area contributed by atoms with Crippen molar-refractivity contribution in [1.29, 1.82) is 0 Å². The molecule has 0 radical (unpaired) electrons. The Bertz CT molecular complexity index is 3220. The minimum atomic E-state index is 0.721. The lowest BCUT2D eigenvalue weighted by Crippen LogP contribution is -1.96. The van der Waals surface area contributed by atoms with Gasteiger partial charge in [0.05, 0.1) is 16.3 Å². The second-order valence-electron chi connectivity index (χ2n) is 14.1. The van der Waals surface area contributed by atoms with Gasteiger partial charge >= 0.3 is 0 Å². The summed E-state index contributed by atoms with van der Waals surface area (Å²) in [5.41, 5.74) is 8.87. The van der Waals surface area contributed by atoms with Crippen LogP contribution in [0, 0.1) is 0 Å². The highest BCUT2D eigenvalue weighted by molar-refractivity contribution is 7.22. The van der Waals surface area contributed by atoms with E-state index in [2.05, 4.69) is 188 Å². The Morgan fingerprint density at radius 1 is 0.345 bits per heavy atom. The predicted molar refractivity (Wildman–Crippen MR) is 235 cm³/mol. The SMILES string of the molecule is c1ccc(-c2nc(-c3cc4ccccc4s3)cc(-c3ccc(-c4c5ccccc5c(-c5ccccc5)c5c4ccc4ccccc45)c4ccccc34)n2)cc1. The van der Waals surface area contributed by atoms with Crippen molar-refractivity contribution in [2.75, 3.05) is 0 Å². The third-order valence-electron chi connectivity index (χ3n) is 10.9. The molecule has 0 amide bonds. The summed E-state index contributed by atoms with van der Waals surface area (Å²) in [7, 11) is 0. The van der Waals surface area contributed by atoms with Crippen molar-refractivity contribution >= 4 is 64.5 Å². The Kier molecular flexibility index (Phi) is 7.39. The number of thiophene rings is 1. The zero-order valence-corrected chi connectivity index (χ0v) is 30.6. The lowest BCUT2D eigenvalue weighted by molar-refractivity contribution is 1.19. The highest BCUT2D eigenvalue weighted by Gasteiger charge is 2.21. The summed E-state index contributed by atoms with van der Waals surface area (Å²) in [6.07, 6.45) is 0. The number of fused-ring (bicyclic) bond motifs is 6. The monoisotopic (exact) mass is 716 g/mol. The number of aromatic nitrogens is 2. The molecule has 256 valence electrons. The molecule has 0 saturated heterocycles. The van der Waals surface area contributed by atoms with Crippen molar-refractivity contribution in [2.45, 2.75) is 0 Å². The molecule has 2 nitrogen and oxygen atoms in total. The summed E-state index contributed by atoms with van der Waals surface area (Å²) >= 11 is 1.77. The van der Waals surface area contributed by atoms with Crippen LogP contribution in [0.1, 0.15) is 0 Å². The Morgan fingerprint density at radius 3 is 1.65 bits per heavy atom. The van der Waals surface area contributed by atoms with Crippen molar-refractivity contribution < 1.29 is 0 Å². The fraction of sp³-hybridized carbons (Fsp3) is 0. The van der Waals surface area contributed by atoms with Crippen LogP contribution >= 0.6 is 11.3 Å². The molecule has 0 aliphatic rings. The standard InChI is InChI=1S/C52H32N2S/c1-3-16-34(17-4-1)49-41-24-12-13-25-42(41)50(44-28-27-33-15-7-9-21-37(33)51(44)49)43-30-29-40(38-22-10-11-23-39(38)43)45-32-46(48-31-36-20-8-14-26-47(36)55-48)54-52(53-45)35-18-5-2-6-19-35/h1-32H. The summed E-state index contributed by atoms with van der Waals surface area (Å²) in [5, 5.41) is 11.1. The lowest BCUT2D eigenvalue weighted by Gasteiger charge is -2.21. The topological polar surface area (TPSA) is 25.8 Å². The number of hydrogen-bond donors (Lipinski definition) is 0. The van der Waals surface area contributed by atoms with E-state index in [0.717, 1.165) is 38.6 Å². The first kappa shape index (κ1) is 31.6. The average molecular weight is 717 g/mol. The second-order valence-corrected chi connectivity index (χ2v) is 15.1. The normalized spacial score (nSPS) is 11.6. The summed E-state index contributed by atoms with van der Waals surface area (Å²) in [5.74, 6) is 0.721. The van der Waals surface area contributed by atoms with Crippen LogP contribution in [0.5, 0.6) is 0 Å². The van der Waals surface area contributed by atoms with Gasteiger partial charge in [-0.2, -0.15) is 0 Å². The van der Waals surface area contributed by atoms with Crippen molar-refractivity contribution in [1.82, 2.24) is 9.97 Å². The van der Waals surface area contributed by atoms with E-state index in [-0.39, 0.29) is 0 Å². The van der Waals surface area contributed by atoms with Gasteiger partial charge in [-0.1, -0.05) is 176 Å². The summed E-state index contributed by atoms with van der Waals surface area (Å²) in [4.78, 5) is 11.6. The fourth-order valence-electron chi connectivity index (χ4n) is 8.42. The predicted octanol–water partition coefficient (Wildman–Crippen LogP) is 14.6. The Balaban J connectivity index is 1.20. The number of benzene rings is 9. The maximum Gasteiger partial charge on any atom is 0.160 e. The van der Waals surface area contributed by atoms with Gasteiger partial charge in [0.25, 0.3) is 0 Å². The zero-order chi connectivity index (χ0) is 36.3. The number of rotatable bonds is 5. The molecule has 3 heteroatoms. The van der Waals surface area contributed by atoms with Gasteiger partial charge in [0.2, 0.25) is 0 Å². The molecule has 0 unspecified atom stereocenters. The molecule has 0 fully saturated rings. The minimum Gasteiger partial charge on any atom is -0.228 e. The molecular formula is C52H32N2S. The van der Waals surface area contributed by atoms with E-state index >= 15 is 0 Å².